The van der Waals surface area contributed by atoms with Crippen LogP contribution < -0.4 is 5.32 Å². The van der Waals surface area contributed by atoms with Gasteiger partial charge < -0.3 is 5.32 Å². The van der Waals surface area contributed by atoms with Gasteiger partial charge in [0.05, 0.1) is 0 Å². The van der Waals surface area contributed by atoms with Gasteiger partial charge in [-0.1, -0.05) is 18.2 Å². The molecule has 1 atom stereocenters. The van der Waals surface area contributed by atoms with Gasteiger partial charge >= 0.3 is 0 Å². The Labute approximate surface area is 120 Å². The van der Waals surface area contributed by atoms with E-state index in [1.54, 1.807) is 25.2 Å². The number of hydrogen-bond donors (Lipinski definition) is 1. The second-order valence-corrected chi connectivity index (χ2v) is 5.32. The predicted molar refractivity (Wildman–Crippen MR) is 75.3 cm³/mol. The molecule has 0 heterocycles. The summed E-state index contributed by atoms with van der Waals surface area (Å²) in [5.41, 5.74) is 0.634. The summed E-state index contributed by atoms with van der Waals surface area (Å²) in [6.45, 7) is 0. The normalized spacial score (nSPS) is 12.4. The van der Waals surface area contributed by atoms with E-state index in [0.29, 0.717) is 16.2 Å². The van der Waals surface area contributed by atoms with Crippen LogP contribution in [0.2, 0.25) is 0 Å². The third kappa shape index (κ3) is 3.55. The minimum Gasteiger partial charge on any atom is -0.312 e. The molecule has 0 aliphatic carbocycles. The molecule has 1 N–H and O–H groups in total. The van der Waals surface area contributed by atoms with Crippen molar-refractivity contribution in [1.29, 1.82) is 0 Å². The quantitative estimate of drug-likeness (QED) is 0.832. The molecule has 1 unspecified atom stereocenters. The van der Waals surface area contributed by atoms with E-state index in [4.69, 9.17) is 0 Å². The highest BCUT2D eigenvalue weighted by molar-refractivity contribution is 7.99. The Bertz CT molecular complexity index is 589. The van der Waals surface area contributed by atoms with Crippen LogP contribution in [0.5, 0.6) is 0 Å². The van der Waals surface area contributed by atoms with Crippen molar-refractivity contribution in [3.05, 3.63) is 65.5 Å². The standard InChI is InChI=1S/C15H14F3NS/c1-19-14(10-6-7-11(16)13(18)8-10)9-20-15-5-3-2-4-12(15)17/h2-8,14,19H,9H2,1H3. The Morgan fingerprint density at radius 2 is 1.75 bits per heavy atom. The highest BCUT2D eigenvalue weighted by Crippen LogP contribution is 2.27. The van der Waals surface area contributed by atoms with Crippen LogP contribution in [0, 0.1) is 17.5 Å². The lowest BCUT2D eigenvalue weighted by molar-refractivity contribution is 0.504. The summed E-state index contributed by atoms with van der Waals surface area (Å²) >= 11 is 1.33. The number of hydrogen-bond acceptors (Lipinski definition) is 2. The van der Waals surface area contributed by atoms with Crippen molar-refractivity contribution in [2.75, 3.05) is 12.8 Å². The van der Waals surface area contributed by atoms with Gasteiger partial charge in [0.2, 0.25) is 0 Å². The Morgan fingerprint density at radius 1 is 1.00 bits per heavy atom. The number of thioether (sulfide) groups is 1. The summed E-state index contributed by atoms with van der Waals surface area (Å²) in [6.07, 6.45) is 0. The molecule has 0 fully saturated rings. The lowest BCUT2D eigenvalue weighted by atomic mass is 10.1. The molecule has 1 nitrogen and oxygen atoms in total. The molecular weight excluding hydrogens is 283 g/mol. The summed E-state index contributed by atoms with van der Waals surface area (Å²) in [6, 6.07) is 10.1. The minimum atomic E-state index is -0.876. The fraction of sp³-hybridized carbons (Fsp3) is 0.200. The van der Waals surface area contributed by atoms with Gasteiger partial charge in [0.25, 0.3) is 0 Å². The Kier molecular flexibility index (Phi) is 5.09. The fourth-order valence-corrected chi connectivity index (χ4v) is 2.90. The van der Waals surface area contributed by atoms with Gasteiger partial charge in [-0.25, -0.2) is 13.2 Å². The highest BCUT2D eigenvalue weighted by Gasteiger charge is 2.13. The van der Waals surface area contributed by atoms with Crippen molar-refractivity contribution in [1.82, 2.24) is 5.32 Å². The smallest absolute Gasteiger partial charge is 0.159 e. The Balaban J connectivity index is 2.09. The first-order valence-corrected chi connectivity index (χ1v) is 7.10. The first-order valence-electron chi connectivity index (χ1n) is 6.11. The summed E-state index contributed by atoms with van der Waals surface area (Å²) < 4.78 is 39.7. The Morgan fingerprint density at radius 3 is 2.40 bits per heavy atom. The number of rotatable bonds is 5. The molecule has 2 rings (SSSR count). The van der Waals surface area contributed by atoms with Crippen LogP contribution in [-0.2, 0) is 0 Å². The van der Waals surface area contributed by atoms with E-state index in [-0.39, 0.29) is 11.9 Å². The van der Waals surface area contributed by atoms with E-state index in [1.165, 1.54) is 30.0 Å². The van der Waals surface area contributed by atoms with Gasteiger partial charge in [-0.15, -0.1) is 11.8 Å². The van der Waals surface area contributed by atoms with Crippen molar-refractivity contribution < 1.29 is 13.2 Å². The van der Waals surface area contributed by atoms with Crippen LogP contribution >= 0.6 is 11.8 Å². The largest absolute Gasteiger partial charge is 0.312 e. The van der Waals surface area contributed by atoms with Crippen LogP contribution in [-0.4, -0.2) is 12.8 Å². The van der Waals surface area contributed by atoms with Crippen molar-refractivity contribution in [3.8, 4) is 0 Å². The molecule has 0 aromatic heterocycles. The molecule has 0 aliphatic rings. The zero-order valence-electron chi connectivity index (χ0n) is 10.9. The molecule has 0 bridgehead atoms. The van der Waals surface area contributed by atoms with Gasteiger partial charge in [0, 0.05) is 16.7 Å². The molecule has 2 aromatic carbocycles. The predicted octanol–water partition coefficient (Wildman–Crippen LogP) is 4.16. The lowest BCUT2D eigenvalue weighted by Gasteiger charge is -2.16. The number of benzene rings is 2. The van der Waals surface area contributed by atoms with E-state index in [9.17, 15) is 13.2 Å². The lowest BCUT2D eigenvalue weighted by Crippen LogP contribution is -2.19. The highest BCUT2D eigenvalue weighted by atomic mass is 32.2. The van der Waals surface area contributed by atoms with Gasteiger partial charge in [0.1, 0.15) is 5.82 Å². The van der Waals surface area contributed by atoms with Crippen molar-refractivity contribution >= 4 is 11.8 Å². The fourth-order valence-electron chi connectivity index (χ4n) is 1.81. The summed E-state index contributed by atoms with van der Waals surface area (Å²) in [5, 5.41) is 3.02. The third-order valence-electron chi connectivity index (χ3n) is 2.94. The molecule has 2 aromatic rings. The number of nitrogens with one attached hydrogen (secondary N) is 1. The van der Waals surface area contributed by atoms with Gasteiger partial charge in [0.15, 0.2) is 11.6 Å². The second kappa shape index (κ2) is 6.81. The van der Waals surface area contributed by atoms with Crippen LogP contribution in [0.3, 0.4) is 0 Å². The molecule has 106 valence electrons. The van der Waals surface area contributed by atoms with Crippen molar-refractivity contribution in [3.63, 3.8) is 0 Å². The number of halogens is 3. The zero-order valence-corrected chi connectivity index (χ0v) is 11.7. The van der Waals surface area contributed by atoms with Crippen LogP contribution in [0.25, 0.3) is 0 Å². The molecule has 0 radical (unpaired) electrons. The summed E-state index contributed by atoms with van der Waals surface area (Å²) in [7, 11) is 1.73. The van der Waals surface area contributed by atoms with Gasteiger partial charge in [-0.05, 0) is 36.9 Å². The van der Waals surface area contributed by atoms with Crippen LogP contribution in [0.1, 0.15) is 11.6 Å². The van der Waals surface area contributed by atoms with Gasteiger partial charge in [-0.3, -0.25) is 0 Å². The molecule has 0 aliphatic heterocycles. The van der Waals surface area contributed by atoms with Crippen LogP contribution in [0.15, 0.2) is 47.4 Å². The van der Waals surface area contributed by atoms with Crippen molar-refractivity contribution in [2.45, 2.75) is 10.9 Å². The average molecular weight is 297 g/mol. The van der Waals surface area contributed by atoms with E-state index in [1.807, 2.05) is 0 Å². The SMILES string of the molecule is CNC(CSc1ccccc1F)c1ccc(F)c(F)c1. The zero-order chi connectivity index (χ0) is 14.5. The first-order chi connectivity index (χ1) is 9.61. The van der Waals surface area contributed by atoms with E-state index in [2.05, 4.69) is 5.32 Å². The molecule has 20 heavy (non-hydrogen) atoms. The maximum absolute atomic E-state index is 13.5. The molecule has 0 saturated carbocycles. The first kappa shape index (κ1) is 14.9. The van der Waals surface area contributed by atoms with Gasteiger partial charge in [-0.2, -0.15) is 0 Å². The maximum Gasteiger partial charge on any atom is 0.159 e. The molecule has 0 amide bonds. The Hall–Kier alpha value is -1.46. The van der Waals surface area contributed by atoms with Crippen molar-refractivity contribution in [2.24, 2.45) is 0 Å². The third-order valence-corrected chi connectivity index (χ3v) is 4.08. The van der Waals surface area contributed by atoms with E-state index in [0.717, 1.165) is 6.07 Å². The molecule has 0 saturated heterocycles. The monoisotopic (exact) mass is 297 g/mol. The molecular formula is C15H14F3NS. The summed E-state index contributed by atoms with van der Waals surface area (Å²) in [5.74, 6) is -1.51. The van der Waals surface area contributed by atoms with E-state index >= 15 is 0 Å². The topological polar surface area (TPSA) is 12.0 Å². The molecule has 0 spiro atoms. The van der Waals surface area contributed by atoms with Crippen LogP contribution in [0.4, 0.5) is 13.2 Å². The van der Waals surface area contributed by atoms with E-state index < -0.39 is 11.6 Å². The maximum atomic E-state index is 13.5. The average Bonchev–Trinajstić information content (AvgIpc) is 2.45. The second-order valence-electron chi connectivity index (χ2n) is 4.26. The molecule has 5 heteroatoms. The minimum absolute atomic E-state index is 0.185. The summed E-state index contributed by atoms with van der Waals surface area (Å²) in [4.78, 5) is 0.537.